The van der Waals surface area contributed by atoms with Gasteiger partial charge in [-0.1, -0.05) is 24.2 Å². The van der Waals surface area contributed by atoms with E-state index < -0.39 is 0 Å². The molecule has 0 bridgehead atoms. The van der Waals surface area contributed by atoms with Crippen molar-refractivity contribution in [3.8, 4) is 0 Å². The SMILES string of the molecule is CCc1ccc(N(C)C)c(CN=[N+]=[N-])c1. The van der Waals surface area contributed by atoms with Crippen LogP contribution in [0.4, 0.5) is 5.69 Å². The van der Waals surface area contributed by atoms with Gasteiger partial charge in [-0.05, 0) is 29.1 Å². The molecule has 0 heterocycles. The molecule has 0 N–H and O–H groups in total. The van der Waals surface area contributed by atoms with Gasteiger partial charge in [-0.3, -0.25) is 0 Å². The second-order valence-electron chi connectivity index (χ2n) is 3.60. The second kappa shape index (κ2) is 5.27. The Kier molecular flexibility index (Phi) is 4.01. The van der Waals surface area contributed by atoms with Crippen LogP contribution in [0.2, 0.25) is 0 Å². The van der Waals surface area contributed by atoms with Crippen LogP contribution in [0, 0.1) is 0 Å². The minimum atomic E-state index is 0.415. The Bertz CT molecular complexity index is 378. The molecule has 0 saturated carbocycles. The van der Waals surface area contributed by atoms with Crippen molar-refractivity contribution in [2.45, 2.75) is 19.9 Å². The summed E-state index contributed by atoms with van der Waals surface area (Å²) in [6.07, 6.45) is 0.997. The van der Waals surface area contributed by atoms with Crippen LogP contribution in [-0.2, 0) is 13.0 Å². The van der Waals surface area contributed by atoms with E-state index in [1.54, 1.807) is 0 Å². The van der Waals surface area contributed by atoms with E-state index in [2.05, 4.69) is 35.1 Å². The minimum Gasteiger partial charge on any atom is -0.377 e. The highest BCUT2D eigenvalue weighted by molar-refractivity contribution is 5.54. The Hall–Kier alpha value is -1.67. The highest BCUT2D eigenvalue weighted by atomic mass is 15.1. The number of rotatable bonds is 4. The molecule has 80 valence electrons. The Morgan fingerprint density at radius 2 is 2.13 bits per heavy atom. The van der Waals surface area contributed by atoms with E-state index in [4.69, 9.17) is 5.53 Å². The van der Waals surface area contributed by atoms with Crippen LogP contribution in [0.1, 0.15) is 18.1 Å². The number of hydrogen-bond donors (Lipinski definition) is 0. The molecule has 0 fully saturated rings. The standard InChI is InChI=1S/C11H16N4/c1-4-9-5-6-11(15(2)3)10(7-9)8-13-14-12/h5-7H,4,8H2,1-3H3. The molecule has 4 heteroatoms. The highest BCUT2D eigenvalue weighted by Crippen LogP contribution is 2.21. The van der Waals surface area contributed by atoms with Crippen LogP contribution in [0.3, 0.4) is 0 Å². The van der Waals surface area contributed by atoms with Gasteiger partial charge in [0.25, 0.3) is 0 Å². The summed E-state index contributed by atoms with van der Waals surface area (Å²) >= 11 is 0. The average Bonchev–Trinajstić information content (AvgIpc) is 2.25. The molecule has 0 aliphatic carbocycles. The molecule has 0 aliphatic heterocycles. The van der Waals surface area contributed by atoms with Crippen molar-refractivity contribution < 1.29 is 0 Å². The van der Waals surface area contributed by atoms with Crippen LogP contribution in [0.25, 0.3) is 10.4 Å². The van der Waals surface area contributed by atoms with Gasteiger partial charge >= 0.3 is 0 Å². The van der Waals surface area contributed by atoms with Gasteiger partial charge in [0.05, 0.1) is 6.54 Å². The van der Waals surface area contributed by atoms with Gasteiger partial charge in [-0.2, -0.15) is 0 Å². The summed E-state index contributed by atoms with van der Waals surface area (Å²) in [6.45, 7) is 2.53. The molecule has 1 aromatic carbocycles. The summed E-state index contributed by atoms with van der Waals surface area (Å²) in [5, 5.41) is 3.61. The average molecular weight is 204 g/mol. The van der Waals surface area contributed by atoms with E-state index >= 15 is 0 Å². The lowest BCUT2D eigenvalue weighted by atomic mass is 10.1. The van der Waals surface area contributed by atoms with Gasteiger partial charge in [0.1, 0.15) is 0 Å². The van der Waals surface area contributed by atoms with Crippen molar-refractivity contribution in [3.63, 3.8) is 0 Å². The third kappa shape index (κ3) is 2.89. The maximum atomic E-state index is 8.33. The third-order valence-electron chi connectivity index (χ3n) is 2.34. The molecule has 1 aromatic rings. The lowest BCUT2D eigenvalue weighted by Gasteiger charge is -2.17. The summed E-state index contributed by atoms with van der Waals surface area (Å²) in [4.78, 5) is 4.82. The van der Waals surface area contributed by atoms with E-state index in [0.717, 1.165) is 17.7 Å². The molecule has 0 radical (unpaired) electrons. The first-order chi connectivity index (χ1) is 7.19. The fourth-order valence-electron chi connectivity index (χ4n) is 1.53. The van der Waals surface area contributed by atoms with Gasteiger partial charge in [-0.15, -0.1) is 0 Å². The molecular formula is C11H16N4. The normalized spacial score (nSPS) is 9.53. The number of aryl methyl sites for hydroxylation is 1. The summed E-state index contributed by atoms with van der Waals surface area (Å²) in [7, 11) is 3.97. The van der Waals surface area contributed by atoms with Crippen molar-refractivity contribution >= 4 is 5.69 Å². The van der Waals surface area contributed by atoms with Gasteiger partial charge in [0, 0.05) is 24.7 Å². The highest BCUT2D eigenvalue weighted by Gasteiger charge is 2.04. The third-order valence-corrected chi connectivity index (χ3v) is 2.34. The Balaban J connectivity index is 3.09. The molecule has 0 aliphatic rings. The lowest BCUT2D eigenvalue weighted by Crippen LogP contribution is -2.11. The Labute approximate surface area is 90.1 Å². The molecule has 0 unspecified atom stereocenters. The molecule has 15 heavy (non-hydrogen) atoms. The first kappa shape index (κ1) is 11.4. The summed E-state index contributed by atoms with van der Waals surface area (Å²) in [5.41, 5.74) is 11.8. The van der Waals surface area contributed by atoms with Crippen LogP contribution in [0.15, 0.2) is 23.3 Å². The first-order valence-electron chi connectivity index (χ1n) is 4.99. The zero-order valence-corrected chi connectivity index (χ0v) is 9.44. The molecule has 1 rings (SSSR count). The molecule has 0 saturated heterocycles. The first-order valence-corrected chi connectivity index (χ1v) is 4.99. The van der Waals surface area contributed by atoms with Crippen molar-refractivity contribution in [2.24, 2.45) is 5.11 Å². The van der Waals surface area contributed by atoms with Crippen LogP contribution < -0.4 is 4.90 Å². The number of hydrogen-bond acceptors (Lipinski definition) is 2. The molecular weight excluding hydrogens is 188 g/mol. The predicted octanol–water partition coefficient (Wildman–Crippen LogP) is 3.13. The van der Waals surface area contributed by atoms with Gasteiger partial charge in [-0.25, -0.2) is 0 Å². The van der Waals surface area contributed by atoms with E-state index in [1.165, 1.54) is 5.56 Å². The summed E-state index contributed by atoms with van der Waals surface area (Å²) in [6, 6.07) is 6.28. The van der Waals surface area contributed by atoms with Gasteiger partial charge in [0.2, 0.25) is 0 Å². The van der Waals surface area contributed by atoms with Crippen LogP contribution >= 0.6 is 0 Å². The number of benzene rings is 1. The van der Waals surface area contributed by atoms with Crippen molar-refractivity contribution in [1.29, 1.82) is 0 Å². The quantitative estimate of drug-likeness (QED) is 0.422. The van der Waals surface area contributed by atoms with Gasteiger partial charge in [0.15, 0.2) is 0 Å². The lowest BCUT2D eigenvalue weighted by molar-refractivity contribution is 0.998. The van der Waals surface area contributed by atoms with Crippen molar-refractivity contribution in [3.05, 3.63) is 39.8 Å². The smallest absolute Gasteiger partial charge is 0.0531 e. The second-order valence-corrected chi connectivity index (χ2v) is 3.60. The van der Waals surface area contributed by atoms with E-state index in [1.807, 2.05) is 19.0 Å². The Morgan fingerprint density at radius 3 is 2.67 bits per heavy atom. The largest absolute Gasteiger partial charge is 0.377 e. The maximum Gasteiger partial charge on any atom is 0.0531 e. The molecule has 0 spiro atoms. The summed E-state index contributed by atoms with van der Waals surface area (Å²) < 4.78 is 0. The number of azide groups is 1. The summed E-state index contributed by atoms with van der Waals surface area (Å²) in [5.74, 6) is 0. The minimum absolute atomic E-state index is 0.415. The number of anilines is 1. The monoisotopic (exact) mass is 204 g/mol. The fourth-order valence-corrected chi connectivity index (χ4v) is 1.53. The molecule has 0 amide bonds. The van der Waals surface area contributed by atoms with Crippen LogP contribution in [-0.4, -0.2) is 14.1 Å². The van der Waals surface area contributed by atoms with E-state index in [0.29, 0.717) is 6.54 Å². The van der Waals surface area contributed by atoms with E-state index in [9.17, 15) is 0 Å². The van der Waals surface area contributed by atoms with Gasteiger partial charge < -0.3 is 4.90 Å². The molecule has 0 atom stereocenters. The predicted molar refractivity (Wildman–Crippen MR) is 63.0 cm³/mol. The molecule has 4 nitrogen and oxygen atoms in total. The zero-order valence-electron chi connectivity index (χ0n) is 9.44. The Morgan fingerprint density at radius 1 is 1.40 bits per heavy atom. The fraction of sp³-hybridized carbons (Fsp3) is 0.455. The van der Waals surface area contributed by atoms with Crippen LogP contribution in [0.5, 0.6) is 0 Å². The zero-order chi connectivity index (χ0) is 11.3. The molecule has 0 aromatic heterocycles. The van der Waals surface area contributed by atoms with E-state index in [-0.39, 0.29) is 0 Å². The van der Waals surface area contributed by atoms with Crippen molar-refractivity contribution in [1.82, 2.24) is 0 Å². The maximum absolute atomic E-state index is 8.33. The van der Waals surface area contributed by atoms with Crippen molar-refractivity contribution in [2.75, 3.05) is 19.0 Å². The number of nitrogens with zero attached hydrogens (tertiary/aromatic N) is 4. The topological polar surface area (TPSA) is 52.0 Å².